The Morgan fingerprint density at radius 2 is 2.03 bits per heavy atom. The van der Waals surface area contributed by atoms with Gasteiger partial charge in [0.25, 0.3) is 0 Å². The fourth-order valence-corrected chi connectivity index (χ4v) is 6.70. The first-order valence-corrected chi connectivity index (χ1v) is 12.1. The summed E-state index contributed by atoms with van der Waals surface area (Å²) in [6.07, 6.45) is -0.0611. The third kappa shape index (κ3) is 5.90. The van der Waals surface area contributed by atoms with Crippen LogP contribution in [0.4, 0.5) is 5.69 Å². The topological polar surface area (TPSA) is 147 Å². The molecule has 2 N–H and O–H groups in total. The standard InChI is InChI=1S/C17H24N2O8S2/c1-12(20)18-15-10-14(5-6-16(15)27-2)29(25,26)19(8-3-4-17(21)22)13-7-9-28(23,24)11-13/h5-6,10,13H,3-4,7-9,11H2,1-2H3,(H,18,20)(H,21,22)/t13-/m1/s1. The van der Waals surface area contributed by atoms with E-state index >= 15 is 0 Å². The molecule has 0 spiro atoms. The number of amides is 1. The van der Waals surface area contributed by atoms with E-state index in [1.54, 1.807) is 0 Å². The Bertz CT molecular complexity index is 989. The Kier molecular flexibility index (Phi) is 7.25. The molecule has 1 aliphatic rings. The normalized spacial score (nSPS) is 18.5. The highest BCUT2D eigenvalue weighted by molar-refractivity contribution is 7.92. The van der Waals surface area contributed by atoms with Crippen molar-refractivity contribution in [3.05, 3.63) is 18.2 Å². The van der Waals surface area contributed by atoms with Crippen molar-refractivity contribution >= 4 is 37.4 Å². The van der Waals surface area contributed by atoms with Gasteiger partial charge in [-0.2, -0.15) is 4.31 Å². The van der Waals surface area contributed by atoms with Gasteiger partial charge in [-0.1, -0.05) is 0 Å². The molecule has 0 aliphatic carbocycles. The zero-order valence-electron chi connectivity index (χ0n) is 16.1. The Labute approximate surface area is 169 Å². The highest BCUT2D eigenvalue weighted by Crippen LogP contribution is 2.31. The molecule has 29 heavy (non-hydrogen) atoms. The number of carbonyl (C=O) groups excluding carboxylic acids is 1. The number of carboxylic acid groups (broad SMARTS) is 1. The number of aliphatic carboxylic acids is 1. The summed E-state index contributed by atoms with van der Waals surface area (Å²) in [5.74, 6) is -1.66. The van der Waals surface area contributed by atoms with Gasteiger partial charge < -0.3 is 15.2 Å². The van der Waals surface area contributed by atoms with Gasteiger partial charge in [0.15, 0.2) is 9.84 Å². The maximum Gasteiger partial charge on any atom is 0.303 e. The predicted octanol–water partition coefficient (Wildman–Crippen LogP) is 0.696. The lowest BCUT2D eigenvalue weighted by Gasteiger charge is -2.27. The van der Waals surface area contributed by atoms with Crippen LogP contribution in [0.2, 0.25) is 0 Å². The van der Waals surface area contributed by atoms with Gasteiger partial charge in [-0.3, -0.25) is 9.59 Å². The Balaban J connectivity index is 2.42. The van der Waals surface area contributed by atoms with E-state index in [0.717, 1.165) is 4.31 Å². The summed E-state index contributed by atoms with van der Waals surface area (Å²) in [5, 5.41) is 11.4. The van der Waals surface area contributed by atoms with E-state index in [-0.39, 0.29) is 53.6 Å². The zero-order chi connectivity index (χ0) is 21.8. The van der Waals surface area contributed by atoms with Crippen LogP contribution in [-0.4, -0.2) is 69.3 Å². The lowest BCUT2D eigenvalue weighted by molar-refractivity contribution is -0.137. The smallest absolute Gasteiger partial charge is 0.303 e. The third-order valence-electron chi connectivity index (χ3n) is 4.47. The van der Waals surface area contributed by atoms with Gasteiger partial charge in [0.1, 0.15) is 5.75 Å². The lowest BCUT2D eigenvalue weighted by Crippen LogP contribution is -2.41. The average molecular weight is 449 g/mol. The van der Waals surface area contributed by atoms with Crippen molar-refractivity contribution in [2.24, 2.45) is 0 Å². The van der Waals surface area contributed by atoms with Gasteiger partial charge in [0.2, 0.25) is 15.9 Å². The first-order valence-electron chi connectivity index (χ1n) is 8.86. The Morgan fingerprint density at radius 1 is 1.34 bits per heavy atom. The second kappa shape index (κ2) is 9.09. The monoisotopic (exact) mass is 448 g/mol. The maximum absolute atomic E-state index is 13.3. The highest BCUT2D eigenvalue weighted by atomic mass is 32.2. The summed E-state index contributed by atoms with van der Waals surface area (Å²) in [6.45, 7) is 1.14. The SMILES string of the molecule is COc1ccc(S(=O)(=O)N(CCCC(=O)O)[C@@H]2CCS(=O)(=O)C2)cc1NC(C)=O. The van der Waals surface area contributed by atoms with Crippen LogP contribution in [0.3, 0.4) is 0 Å². The van der Waals surface area contributed by atoms with Gasteiger partial charge in [0, 0.05) is 25.9 Å². The number of nitrogens with one attached hydrogen (secondary N) is 1. The van der Waals surface area contributed by atoms with Crippen LogP contribution in [0.1, 0.15) is 26.2 Å². The van der Waals surface area contributed by atoms with Crippen LogP contribution < -0.4 is 10.1 Å². The molecule has 2 rings (SSSR count). The van der Waals surface area contributed by atoms with E-state index in [4.69, 9.17) is 9.84 Å². The second-order valence-electron chi connectivity index (χ2n) is 6.71. The molecule has 0 aromatic heterocycles. The zero-order valence-corrected chi connectivity index (χ0v) is 17.8. The molecular weight excluding hydrogens is 424 g/mol. The van der Waals surface area contributed by atoms with E-state index in [1.807, 2.05) is 0 Å². The van der Waals surface area contributed by atoms with Crippen LogP contribution in [0.15, 0.2) is 23.1 Å². The van der Waals surface area contributed by atoms with Crippen LogP contribution >= 0.6 is 0 Å². The molecule has 1 atom stereocenters. The average Bonchev–Trinajstić information content (AvgIpc) is 2.97. The molecule has 162 valence electrons. The van der Waals surface area contributed by atoms with Gasteiger partial charge in [-0.25, -0.2) is 16.8 Å². The minimum atomic E-state index is -4.15. The number of sulfone groups is 1. The van der Waals surface area contributed by atoms with Crippen molar-refractivity contribution in [2.45, 2.75) is 37.1 Å². The lowest BCUT2D eigenvalue weighted by atomic mass is 10.2. The molecule has 12 heteroatoms. The minimum Gasteiger partial charge on any atom is -0.495 e. The number of ether oxygens (including phenoxy) is 1. The molecule has 1 aliphatic heterocycles. The van der Waals surface area contributed by atoms with E-state index in [9.17, 15) is 26.4 Å². The number of hydrogen-bond acceptors (Lipinski definition) is 7. The molecule has 0 saturated carbocycles. The molecule has 1 amide bonds. The minimum absolute atomic E-state index is 0.0415. The molecule has 1 heterocycles. The van der Waals surface area contributed by atoms with E-state index in [1.165, 1.54) is 32.2 Å². The number of carboxylic acids is 1. The molecule has 0 bridgehead atoms. The number of nitrogens with zero attached hydrogens (tertiary/aromatic N) is 1. The van der Waals surface area contributed by atoms with Gasteiger partial charge >= 0.3 is 5.97 Å². The number of methoxy groups -OCH3 is 1. The number of rotatable bonds is 9. The molecule has 1 aromatic carbocycles. The fraction of sp³-hybridized carbons (Fsp3) is 0.529. The summed E-state index contributed by atoms with van der Waals surface area (Å²) in [5.41, 5.74) is 0.158. The van der Waals surface area contributed by atoms with Crippen molar-refractivity contribution in [3.8, 4) is 5.75 Å². The molecule has 1 fully saturated rings. The van der Waals surface area contributed by atoms with E-state index in [2.05, 4.69) is 5.32 Å². The van der Waals surface area contributed by atoms with Crippen LogP contribution in [0.25, 0.3) is 0 Å². The van der Waals surface area contributed by atoms with Crippen LogP contribution in [-0.2, 0) is 29.4 Å². The van der Waals surface area contributed by atoms with E-state index < -0.39 is 37.8 Å². The summed E-state index contributed by atoms with van der Waals surface area (Å²) >= 11 is 0. The van der Waals surface area contributed by atoms with Gasteiger partial charge in [-0.15, -0.1) is 0 Å². The van der Waals surface area contributed by atoms with Gasteiger partial charge in [0.05, 0.1) is 29.2 Å². The summed E-state index contributed by atoms with van der Waals surface area (Å²) < 4.78 is 56.5. The van der Waals surface area contributed by atoms with Crippen molar-refractivity contribution in [3.63, 3.8) is 0 Å². The predicted molar refractivity (Wildman–Crippen MR) is 105 cm³/mol. The van der Waals surface area contributed by atoms with Crippen LogP contribution in [0, 0.1) is 0 Å². The quantitative estimate of drug-likeness (QED) is 0.561. The Morgan fingerprint density at radius 3 is 2.55 bits per heavy atom. The highest BCUT2D eigenvalue weighted by Gasteiger charge is 2.38. The molecule has 1 aromatic rings. The molecule has 10 nitrogen and oxygen atoms in total. The van der Waals surface area contributed by atoms with Gasteiger partial charge in [-0.05, 0) is 31.0 Å². The van der Waals surface area contributed by atoms with E-state index in [0.29, 0.717) is 0 Å². The number of sulfonamides is 1. The fourth-order valence-electron chi connectivity index (χ4n) is 3.16. The number of benzene rings is 1. The summed E-state index contributed by atoms with van der Waals surface area (Å²) in [4.78, 5) is 22.1. The number of carbonyl (C=O) groups is 2. The van der Waals surface area contributed by atoms with Crippen molar-refractivity contribution in [1.82, 2.24) is 4.31 Å². The second-order valence-corrected chi connectivity index (χ2v) is 10.8. The summed E-state index contributed by atoms with van der Waals surface area (Å²) in [6, 6.07) is 3.15. The van der Waals surface area contributed by atoms with Crippen molar-refractivity contribution in [1.29, 1.82) is 0 Å². The van der Waals surface area contributed by atoms with Crippen molar-refractivity contribution < 1.29 is 36.3 Å². The first-order chi connectivity index (χ1) is 13.5. The van der Waals surface area contributed by atoms with Crippen molar-refractivity contribution in [2.75, 3.05) is 30.5 Å². The first kappa shape index (κ1) is 23.1. The number of hydrogen-bond donors (Lipinski definition) is 2. The molecule has 0 unspecified atom stereocenters. The molecule has 0 radical (unpaired) electrons. The molecular formula is C17H24N2O8S2. The largest absolute Gasteiger partial charge is 0.495 e. The summed E-state index contributed by atoms with van der Waals surface area (Å²) in [7, 11) is -6.13. The number of anilines is 1. The third-order valence-corrected chi connectivity index (χ3v) is 8.17. The van der Waals surface area contributed by atoms with Crippen LogP contribution in [0.5, 0.6) is 5.75 Å². The Hall–Kier alpha value is -2.18. The molecule has 1 saturated heterocycles. The maximum atomic E-state index is 13.3.